The van der Waals surface area contributed by atoms with Crippen molar-refractivity contribution in [3.05, 3.63) is 46.1 Å². The van der Waals surface area contributed by atoms with Gasteiger partial charge >= 0.3 is 0 Å². The number of nitrogens with zero attached hydrogens (tertiary/aromatic N) is 2. The van der Waals surface area contributed by atoms with Crippen LogP contribution in [0.15, 0.2) is 30.5 Å². The SMILES string of the molecule is CCCCCC(=O)Nc1ccnn1Cc1cccc(Cl)c1Cl. The van der Waals surface area contributed by atoms with Crippen molar-refractivity contribution in [2.45, 2.75) is 39.2 Å². The Morgan fingerprint density at radius 2 is 2.09 bits per heavy atom. The molecule has 0 aliphatic heterocycles. The zero-order valence-corrected chi connectivity index (χ0v) is 14.0. The highest BCUT2D eigenvalue weighted by Crippen LogP contribution is 2.26. The number of carbonyl (C=O) groups excluding carboxylic acids is 1. The van der Waals surface area contributed by atoms with Gasteiger partial charge in [0.05, 0.1) is 22.8 Å². The topological polar surface area (TPSA) is 46.9 Å². The lowest BCUT2D eigenvalue weighted by molar-refractivity contribution is -0.116. The lowest BCUT2D eigenvalue weighted by atomic mass is 10.2. The highest BCUT2D eigenvalue weighted by Gasteiger charge is 2.10. The molecule has 1 amide bonds. The summed E-state index contributed by atoms with van der Waals surface area (Å²) in [6, 6.07) is 7.25. The number of hydrogen-bond donors (Lipinski definition) is 1. The van der Waals surface area contributed by atoms with E-state index in [0.717, 1.165) is 24.8 Å². The van der Waals surface area contributed by atoms with Crippen LogP contribution in [0.2, 0.25) is 10.0 Å². The molecule has 4 nitrogen and oxygen atoms in total. The molecule has 1 heterocycles. The number of unbranched alkanes of at least 4 members (excludes halogenated alkanes) is 2. The Bertz CT molecular complexity index is 640. The number of nitrogens with one attached hydrogen (secondary N) is 1. The number of halogens is 2. The molecule has 0 atom stereocenters. The summed E-state index contributed by atoms with van der Waals surface area (Å²) < 4.78 is 1.70. The molecule has 1 N–H and O–H groups in total. The van der Waals surface area contributed by atoms with E-state index in [1.165, 1.54) is 0 Å². The number of amides is 1. The van der Waals surface area contributed by atoms with E-state index in [4.69, 9.17) is 23.2 Å². The fourth-order valence-corrected chi connectivity index (χ4v) is 2.52. The second-order valence-corrected chi connectivity index (χ2v) is 5.88. The van der Waals surface area contributed by atoms with Gasteiger partial charge in [-0.1, -0.05) is 55.1 Å². The fourth-order valence-electron chi connectivity index (χ4n) is 2.14. The fraction of sp³-hybridized carbons (Fsp3) is 0.375. The lowest BCUT2D eigenvalue weighted by Gasteiger charge is -2.10. The first-order chi connectivity index (χ1) is 10.6. The molecular formula is C16H19Cl2N3O. The van der Waals surface area contributed by atoms with Gasteiger partial charge in [0.25, 0.3) is 0 Å². The quantitative estimate of drug-likeness (QED) is 0.739. The minimum Gasteiger partial charge on any atom is -0.311 e. The van der Waals surface area contributed by atoms with Crippen LogP contribution in [-0.4, -0.2) is 15.7 Å². The molecule has 0 saturated heterocycles. The molecule has 2 aromatic rings. The summed E-state index contributed by atoms with van der Waals surface area (Å²) in [5.41, 5.74) is 0.861. The molecule has 0 saturated carbocycles. The Hall–Kier alpha value is -1.52. The summed E-state index contributed by atoms with van der Waals surface area (Å²) in [7, 11) is 0. The standard InChI is InChI=1S/C16H19Cl2N3O/c1-2-3-4-8-15(22)20-14-9-10-19-21(14)11-12-6-5-7-13(17)16(12)18/h5-7,9-10H,2-4,8,11H2,1H3,(H,20,22). The van der Waals surface area contributed by atoms with Gasteiger partial charge in [-0.15, -0.1) is 0 Å². The van der Waals surface area contributed by atoms with Gasteiger partial charge in [0.15, 0.2) is 0 Å². The van der Waals surface area contributed by atoms with Crippen LogP contribution in [0.5, 0.6) is 0 Å². The highest BCUT2D eigenvalue weighted by atomic mass is 35.5. The molecule has 22 heavy (non-hydrogen) atoms. The maximum Gasteiger partial charge on any atom is 0.225 e. The Morgan fingerprint density at radius 3 is 2.86 bits per heavy atom. The van der Waals surface area contributed by atoms with E-state index in [9.17, 15) is 4.79 Å². The van der Waals surface area contributed by atoms with Gasteiger partial charge < -0.3 is 5.32 Å². The van der Waals surface area contributed by atoms with Gasteiger partial charge in [0, 0.05) is 12.5 Å². The van der Waals surface area contributed by atoms with Crippen molar-refractivity contribution in [2.24, 2.45) is 0 Å². The third-order valence-electron chi connectivity index (χ3n) is 3.34. The van der Waals surface area contributed by atoms with E-state index < -0.39 is 0 Å². The number of carbonyl (C=O) groups is 1. The van der Waals surface area contributed by atoms with E-state index in [1.54, 1.807) is 23.0 Å². The molecule has 0 bridgehead atoms. The van der Waals surface area contributed by atoms with Gasteiger partial charge in [-0.05, 0) is 18.1 Å². The number of rotatable bonds is 7. The van der Waals surface area contributed by atoms with Crippen molar-refractivity contribution in [3.8, 4) is 0 Å². The van der Waals surface area contributed by atoms with Crippen LogP contribution in [0.4, 0.5) is 5.82 Å². The highest BCUT2D eigenvalue weighted by molar-refractivity contribution is 6.42. The van der Waals surface area contributed by atoms with Crippen molar-refractivity contribution in [1.29, 1.82) is 0 Å². The zero-order chi connectivity index (χ0) is 15.9. The van der Waals surface area contributed by atoms with Crippen LogP contribution < -0.4 is 5.32 Å². The third-order valence-corrected chi connectivity index (χ3v) is 4.20. The number of anilines is 1. The first-order valence-corrected chi connectivity index (χ1v) is 8.12. The molecular weight excluding hydrogens is 321 g/mol. The van der Waals surface area contributed by atoms with Crippen molar-refractivity contribution < 1.29 is 4.79 Å². The lowest BCUT2D eigenvalue weighted by Crippen LogP contribution is -2.15. The normalized spacial score (nSPS) is 10.7. The third kappa shape index (κ3) is 4.49. The minimum absolute atomic E-state index is 0.00684. The monoisotopic (exact) mass is 339 g/mol. The molecule has 2 rings (SSSR count). The van der Waals surface area contributed by atoms with Gasteiger partial charge in [0.2, 0.25) is 5.91 Å². The molecule has 0 unspecified atom stereocenters. The maximum absolute atomic E-state index is 11.9. The van der Waals surface area contributed by atoms with Crippen LogP contribution in [-0.2, 0) is 11.3 Å². The Kier molecular flexibility index (Phi) is 6.28. The number of benzene rings is 1. The first kappa shape index (κ1) is 16.8. The predicted octanol–water partition coefficient (Wildman–Crippen LogP) is 4.76. The molecule has 118 valence electrons. The Labute approximate surface area is 140 Å². The average Bonchev–Trinajstić information content (AvgIpc) is 2.91. The number of aromatic nitrogens is 2. The van der Waals surface area contributed by atoms with E-state index in [0.29, 0.717) is 28.8 Å². The van der Waals surface area contributed by atoms with Gasteiger partial charge in [-0.2, -0.15) is 5.10 Å². The summed E-state index contributed by atoms with van der Waals surface area (Å²) in [6.07, 6.45) is 5.23. The van der Waals surface area contributed by atoms with E-state index in [-0.39, 0.29) is 5.91 Å². The molecule has 0 spiro atoms. The van der Waals surface area contributed by atoms with Crippen LogP contribution >= 0.6 is 23.2 Å². The summed E-state index contributed by atoms with van der Waals surface area (Å²) in [4.78, 5) is 11.9. The van der Waals surface area contributed by atoms with Crippen LogP contribution in [0, 0.1) is 0 Å². The zero-order valence-electron chi connectivity index (χ0n) is 12.5. The summed E-state index contributed by atoms with van der Waals surface area (Å²) in [5, 5.41) is 8.15. The summed E-state index contributed by atoms with van der Waals surface area (Å²) >= 11 is 12.2. The van der Waals surface area contributed by atoms with Crippen molar-refractivity contribution in [2.75, 3.05) is 5.32 Å². The Morgan fingerprint density at radius 1 is 1.27 bits per heavy atom. The number of hydrogen-bond acceptors (Lipinski definition) is 2. The molecule has 0 fully saturated rings. The van der Waals surface area contributed by atoms with Crippen LogP contribution in [0.25, 0.3) is 0 Å². The second kappa shape index (κ2) is 8.20. The Balaban J connectivity index is 2.03. The summed E-state index contributed by atoms with van der Waals surface area (Å²) in [6.45, 7) is 2.57. The molecule has 0 radical (unpaired) electrons. The van der Waals surface area contributed by atoms with Gasteiger partial charge in [-0.3, -0.25) is 4.79 Å². The largest absolute Gasteiger partial charge is 0.311 e. The van der Waals surface area contributed by atoms with Crippen molar-refractivity contribution >= 4 is 34.9 Å². The molecule has 1 aromatic carbocycles. The average molecular weight is 340 g/mol. The molecule has 1 aromatic heterocycles. The minimum atomic E-state index is 0.00684. The summed E-state index contributed by atoms with van der Waals surface area (Å²) in [5.74, 6) is 0.671. The molecule has 0 aliphatic rings. The van der Waals surface area contributed by atoms with E-state index in [2.05, 4.69) is 17.3 Å². The second-order valence-electron chi connectivity index (χ2n) is 5.09. The van der Waals surface area contributed by atoms with E-state index >= 15 is 0 Å². The van der Waals surface area contributed by atoms with Crippen LogP contribution in [0.3, 0.4) is 0 Å². The van der Waals surface area contributed by atoms with Crippen LogP contribution in [0.1, 0.15) is 38.2 Å². The van der Waals surface area contributed by atoms with Crippen molar-refractivity contribution in [3.63, 3.8) is 0 Å². The van der Waals surface area contributed by atoms with Gasteiger partial charge in [-0.25, -0.2) is 4.68 Å². The van der Waals surface area contributed by atoms with Gasteiger partial charge in [0.1, 0.15) is 5.82 Å². The maximum atomic E-state index is 11.9. The van der Waals surface area contributed by atoms with E-state index in [1.807, 2.05) is 12.1 Å². The molecule has 6 heteroatoms. The smallest absolute Gasteiger partial charge is 0.225 e. The predicted molar refractivity (Wildman–Crippen MR) is 90.6 cm³/mol. The van der Waals surface area contributed by atoms with Crippen molar-refractivity contribution in [1.82, 2.24) is 9.78 Å². The first-order valence-electron chi connectivity index (χ1n) is 7.36. The molecule has 0 aliphatic carbocycles.